The number of hydrogen-bond acceptors (Lipinski definition) is 2. The molecule has 0 amide bonds. The van der Waals surface area contributed by atoms with Crippen molar-refractivity contribution in [3.05, 3.63) is 27.2 Å². The van der Waals surface area contributed by atoms with Crippen LogP contribution >= 0.6 is 34.8 Å². The summed E-state index contributed by atoms with van der Waals surface area (Å²) in [7, 11) is -3.68. The summed E-state index contributed by atoms with van der Waals surface area (Å²) in [5.41, 5.74) is 0. The van der Waals surface area contributed by atoms with Gasteiger partial charge in [-0.1, -0.05) is 41.7 Å². The maximum absolute atomic E-state index is 12.3. The summed E-state index contributed by atoms with van der Waals surface area (Å²) in [6, 6.07) is 3.27. The molecule has 3 atom stereocenters. The van der Waals surface area contributed by atoms with E-state index in [-0.39, 0.29) is 32.4 Å². The van der Waals surface area contributed by atoms with Gasteiger partial charge in [0.05, 0.1) is 34.2 Å². The molecule has 3 unspecified atom stereocenters. The Bertz CT molecular complexity index is 670. The normalized spacial score (nSPS) is 24.0. The summed E-state index contributed by atoms with van der Waals surface area (Å²) in [6.45, 7) is 7.01. The molecule has 138 valence electrons. The van der Waals surface area contributed by atoms with Crippen LogP contribution in [0, 0.1) is 5.92 Å². The van der Waals surface area contributed by atoms with Crippen LogP contribution in [0.25, 0.3) is 0 Å². The molecule has 0 aliphatic carbocycles. The summed E-state index contributed by atoms with van der Waals surface area (Å²) in [4.78, 5) is 1.51. The molecule has 0 spiro atoms. The van der Waals surface area contributed by atoms with Gasteiger partial charge < -0.3 is 17.3 Å². The van der Waals surface area contributed by atoms with Crippen LogP contribution in [0.4, 0.5) is 0 Å². The van der Waals surface area contributed by atoms with Gasteiger partial charge in [-0.15, -0.1) is 0 Å². The average Bonchev–Trinajstić information content (AvgIpc) is 2.77. The van der Waals surface area contributed by atoms with Crippen LogP contribution in [0.1, 0.15) is 26.7 Å². The second kappa shape index (κ2) is 9.26. The van der Waals surface area contributed by atoms with Crippen molar-refractivity contribution in [1.29, 1.82) is 0 Å². The summed E-state index contributed by atoms with van der Waals surface area (Å²) in [6.07, 6.45) is 2.02. The van der Waals surface area contributed by atoms with Crippen LogP contribution in [0.5, 0.6) is 0 Å². The van der Waals surface area contributed by atoms with Crippen molar-refractivity contribution in [2.45, 2.75) is 37.6 Å². The molecule has 1 aliphatic heterocycles. The van der Waals surface area contributed by atoms with Crippen molar-refractivity contribution >= 4 is 44.8 Å². The van der Waals surface area contributed by atoms with Gasteiger partial charge in [-0.2, -0.15) is 0 Å². The third-order valence-corrected chi connectivity index (χ3v) is 6.94. The first-order valence-electron chi connectivity index (χ1n) is 7.69. The van der Waals surface area contributed by atoms with E-state index >= 15 is 0 Å². The molecule has 0 radical (unpaired) electrons. The van der Waals surface area contributed by atoms with Crippen LogP contribution in [0.2, 0.25) is 15.1 Å². The van der Waals surface area contributed by atoms with E-state index in [2.05, 4.69) is 18.6 Å². The number of quaternary nitrogens is 1. The Morgan fingerprint density at radius 2 is 1.79 bits per heavy atom. The third-order valence-electron chi connectivity index (χ3n) is 4.29. The molecule has 9 heteroatoms. The zero-order valence-corrected chi connectivity index (χ0v) is 17.4. The molecule has 4 nitrogen and oxygen atoms in total. The molecule has 2 rings (SSSR count). The molecule has 0 saturated carbocycles. The molecule has 1 fully saturated rings. The van der Waals surface area contributed by atoms with Crippen LogP contribution in [-0.2, 0) is 10.0 Å². The Morgan fingerprint density at radius 1 is 1.17 bits per heavy atom. The number of hydrogen-bond donors (Lipinski definition) is 2. The standard InChI is InChI=1S/C15H21Cl3N2O2S.ClH/c1-10-6-11(2)20(9-10)5-3-4-19-23(21,22)15-8-13(17)12(16)7-14(15)18;/h7-8,10-11,19H,3-6,9H2,1-2H3;1H. The van der Waals surface area contributed by atoms with Gasteiger partial charge in [0.25, 0.3) is 0 Å². The van der Waals surface area contributed by atoms with Gasteiger partial charge in [-0.3, -0.25) is 0 Å². The minimum absolute atomic E-state index is 0. The number of rotatable bonds is 6. The molecule has 24 heavy (non-hydrogen) atoms. The maximum Gasteiger partial charge on any atom is 0.242 e. The van der Waals surface area contributed by atoms with Gasteiger partial charge in [0.1, 0.15) is 4.90 Å². The van der Waals surface area contributed by atoms with Crippen molar-refractivity contribution < 1.29 is 25.7 Å². The fourth-order valence-electron chi connectivity index (χ4n) is 3.16. The van der Waals surface area contributed by atoms with Crippen molar-refractivity contribution in [3.63, 3.8) is 0 Å². The summed E-state index contributed by atoms with van der Waals surface area (Å²) in [5.74, 6) is 0.742. The highest BCUT2D eigenvalue weighted by atomic mass is 35.5. The molecule has 1 aromatic carbocycles. The predicted octanol–water partition coefficient (Wildman–Crippen LogP) is -0.368. The Hall–Kier alpha value is 0.250. The number of halogens is 4. The molecule has 1 aromatic rings. The van der Waals surface area contributed by atoms with Crippen molar-refractivity contribution in [1.82, 2.24) is 4.72 Å². The van der Waals surface area contributed by atoms with E-state index in [1.807, 2.05) is 0 Å². The van der Waals surface area contributed by atoms with E-state index in [1.165, 1.54) is 18.6 Å². The predicted molar refractivity (Wildman–Crippen MR) is 95.2 cm³/mol. The summed E-state index contributed by atoms with van der Waals surface area (Å²) >= 11 is 17.7. The molecule has 0 aromatic heterocycles. The minimum Gasteiger partial charge on any atom is -1.00 e. The number of nitrogens with one attached hydrogen (secondary N) is 2. The zero-order valence-electron chi connectivity index (χ0n) is 13.6. The summed E-state index contributed by atoms with van der Waals surface area (Å²) < 4.78 is 27.2. The lowest BCUT2D eigenvalue weighted by Gasteiger charge is -2.18. The van der Waals surface area contributed by atoms with E-state index in [1.54, 1.807) is 4.90 Å². The molecule has 0 bridgehead atoms. The number of benzene rings is 1. The largest absolute Gasteiger partial charge is 1.00 e. The van der Waals surface area contributed by atoms with Gasteiger partial charge in [0.2, 0.25) is 10.0 Å². The second-order valence-corrected chi connectivity index (χ2v) is 9.26. The monoisotopic (exact) mass is 434 g/mol. The molecule has 2 N–H and O–H groups in total. The highest BCUT2D eigenvalue weighted by molar-refractivity contribution is 7.89. The molecule has 1 saturated heterocycles. The number of likely N-dealkylation sites (tertiary alicyclic amines) is 1. The zero-order chi connectivity index (χ0) is 17.2. The van der Waals surface area contributed by atoms with Crippen LogP contribution in [0.3, 0.4) is 0 Å². The number of sulfonamides is 1. The lowest BCUT2D eigenvalue weighted by molar-refractivity contribution is -0.911. The topological polar surface area (TPSA) is 50.6 Å². The lowest BCUT2D eigenvalue weighted by atomic mass is 10.1. The molecule has 1 heterocycles. The van der Waals surface area contributed by atoms with Gasteiger partial charge in [0, 0.05) is 25.3 Å². The molecular weight excluding hydrogens is 414 g/mol. The first-order chi connectivity index (χ1) is 10.7. The minimum atomic E-state index is -3.68. The Balaban J connectivity index is 0.00000288. The van der Waals surface area contributed by atoms with Gasteiger partial charge in [-0.25, -0.2) is 13.1 Å². The fourth-order valence-corrected chi connectivity index (χ4v) is 5.23. The first-order valence-corrected chi connectivity index (χ1v) is 10.3. The Kier molecular flexibility index (Phi) is 8.60. The smallest absolute Gasteiger partial charge is 0.242 e. The highest BCUT2D eigenvalue weighted by Gasteiger charge is 2.29. The van der Waals surface area contributed by atoms with Crippen LogP contribution in [0.15, 0.2) is 17.0 Å². The maximum atomic E-state index is 12.3. The van der Waals surface area contributed by atoms with E-state index in [9.17, 15) is 8.42 Å². The molecule has 1 aliphatic rings. The fraction of sp³-hybridized carbons (Fsp3) is 0.600. The highest BCUT2D eigenvalue weighted by Crippen LogP contribution is 2.31. The van der Waals surface area contributed by atoms with E-state index in [0.717, 1.165) is 25.4 Å². The van der Waals surface area contributed by atoms with Crippen LogP contribution in [-0.4, -0.2) is 34.1 Å². The van der Waals surface area contributed by atoms with Gasteiger partial charge in [-0.05, 0) is 19.1 Å². The second-order valence-electron chi connectivity index (χ2n) is 6.30. The third kappa shape index (κ3) is 5.63. The van der Waals surface area contributed by atoms with Crippen molar-refractivity contribution in [3.8, 4) is 0 Å². The Labute approximate surface area is 165 Å². The van der Waals surface area contributed by atoms with E-state index in [4.69, 9.17) is 34.8 Å². The van der Waals surface area contributed by atoms with Gasteiger partial charge in [0.15, 0.2) is 0 Å². The summed E-state index contributed by atoms with van der Waals surface area (Å²) in [5, 5.41) is 0.469. The van der Waals surface area contributed by atoms with Crippen LogP contribution < -0.4 is 22.0 Å². The first kappa shape index (κ1) is 22.3. The van der Waals surface area contributed by atoms with Gasteiger partial charge >= 0.3 is 0 Å². The van der Waals surface area contributed by atoms with Crippen molar-refractivity contribution in [2.24, 2.45) is 5.92 Å². The quantitative estimate of drug-likeness (QED) is 0.473. The SMILES string of the molecule is CC1CC(C)[NH+](CCCNS(=O)(=O)c2cc(Cl)c(Cl)cc2Cl)C1.[Cl-]. The molecular formula is C15H22Cl4N2O2S. The average molecular weight is 436 g/mol. The van der Waals surface area contributed by atoms with Crippen molar-refractivity contribution in [2.75, 3.05) is 19.6 Å². The lowest BCUT2D eigenvalue weighted by Crippen LogP contribution is -3.13. The Morgan fingerprint density at radius 3 is 2.38 bits per heavy atom. The van der Waals surface area contributed by atoms with E-state index in [0.29, 0.717) is 12.6 Å². The van der Waals surface area contributed by atoms with E-state index < -0.39 is 10.0 Å².